The summed E-state index contributed by atoms with van der Waals surface area (Å²) in [5, 5.41) is 10.8. The van der Waals surface area contributed by atoms with Gasteiger partial charge in [0.25, 0.3) is 0 Å². The predicted molar refractivity (Wildman–Crippen MR) is 293 cm³/mol. The van der Waals surface area contributed by atoms with E-state index in [2.05, 4.69) is 137 Å². The zero-order valence-electron chi connectivity index (χ0n) is 45.4. The number of hydrogen-bond acceptors (Lipinski definition) is 4. The number of phenolic OH excluding ortho intramolecular Hbond substituents is 1. The Morgan fingerprint density at radius 2 is 0.731 bits per heavy atom. The van der Waals surface area contributed by atoms with Crippen molar-refractivity contribution in [3.63, 3.8) is 0 Å². The molecule has 4 heteroatoms. The van der Waals surface area contributed by atoms with Crippen molar-refractivity contribution in [3.8, 4) is 11.5 Å². The van der Waals surface area contributed by atoms with E-state index in [0.29, 0.717) is 35.3 Å². The van der Waals surface area contributed by atoms with E-state index in [1.54, 1.807) is 13.0 Å². The maximum atomic E-state index is 12.3. The fourth-order valence-corrected chi connectivity index (χ4v) is 7.81. The molecule has 372 valence electrons. The van der Waals surface area contributed by atoms with Crippen LogP contribution in [0.4, 0.5) is 0 Å². The summed E-state index contributed by atoms with van der Waals surface area (Å²) < 4.78 is 5.52. The fourth-order valence-electron chi connectivity index (χ4n) is 7.81. The number of esters is 1. The van der Waals surface area contributed by atoms with Crippen molar-refractivity contribution in [2.75, 3.05) is 0 Å². The minimum absolute atomic E-state index is 0.151. The molecule has 67 heavy (non-hydrogen) atoms. The van der Waals surface area contributed by atoms with Crippen LogP contribution in [0, 0.1) is 13.8 Å². The smallest absolute Gasteiger partial charge is 0.318 e. The lowest BCUT2D eigenvalue weighted by Crippen LogP contribution is -2.14. The molecule has 0 aliphatic heterocycles. The predicted octanol–water partition coefficient (Wildman–Crippen LogP) is 19.3. The van der Waals surface area contributed by atoms with Gasteiger partial charge < -0.3 is 9.84 Å². The van der Waals surface area contributed by atoms with Crippen molar-refractivity contribution >= 4 is 11.8 Å². The normalized spacial score (nSPS) is 14.0. The number of Topliss-reactive ketones (excluding diaryl/α,β-unsaturated/α-hetero) is 1. The molecule has 0 amide bonds. The molecule has 1 aromatic carbocycles. The molecule has 0 heterocycles. The summed E-state index contributed by atoms with van der Waals surface area (Å²) in [6, 6.07) is 1.73. The first-order chi connectivity index (χ1) is 31.8. The maximum absolute atomic E-state index is 12.3. The molecule has 0 atom stereocenters. The van der Waals surface area contributed by atoms with Crippen LogP contribution in [0.15, 0.2) is 123 Å². The van der Waals surface area contributed by atoms with Crippen LogP contribution in [0.2, 0.25) is 0 Å². The third-order valence-corrected chi connectivity index (χ3v) is 12.9. The number of carbonyl (C=O) groups is 2. The summed E-state index contributed by atoms with van der Waals surface area (Å²) in [7, 11) is 0. The van der Waals surface area contributed by atoms with Crippen LogP contribution >= 0.6 is 0 Å². The zero-order chi connectivity index (χ0) is 50.1. The van der Waals surface area contributed by atoms with Crippen molar-refractivity contribution in [3.05, 3.63) is 139 Å². The summed E-state index contributed by atoms with van der Waals surface area (Å²) in [6.45, 7) is 30.1. The average Bonchev–Trinajstić information content (AvgIpc) is 3.25. The second-order valence-corrected chi connectivity index (χ2v) is 20.0. The Hall–Kier alpha value is -4.44. The molecule has 1 rings (SSSR count). The molecule has 0 aliphatic rings. The number of ether oxygens (including phenoxy) is 1. The van der Waals surface area contributed by atoms with Crippen LogP contribution in [-0.4, -0.2) is 16.9 Å². The largest absolute Gasteiger partial charge is 0.507 e. The van der Waals surface area contributed by atoms with Crippen LogP contribution < -0.4 is 4.74 Å². The molecule has 0 fully saturated rings. The highest BCUT2D eigenvalue weighted by atomic mass is 16.5. The van der Waals surface area contributed by atoms with E-state index in [0.717, 1.165) is 103 Å². The number of benzene rings is 1. The molecule has 1 aromatic rings. The Kier molecular flexibility index (Phi) is 32.2. The van der Waals surface area contributed by atoms with E-state index >= 15 is 0 Å². The number of phenols is 1. The van der Waals surface area contributed by atoms with Crippen molar-refractivity contribution in [2.45, 2.75) is 232 Å². The lowest BCUT2D eigenvalue weighted by Gasteiger charge is -2.14. The van der Waals surface area contributed by atoms with Crippen molar-refractivity contribution in [1.82, 2.24) is 0 Å². The second-order valence-electron chi connectivity index (χ2n) is 20.0. The molecule has 0 spiro atoms. The van der Waals surface area contributed by atoms with E-state index in [1.807, 2.05) is 13.8 Å². The topological polar surface area (TPSA) is 63.6 Å². The minimum atomic E-state index is -0.562. The second kappa shape index (κ2) is 35.7. The molecular formula is C63H96O4. The minimum Gasteiger partial charge on any atom is -0.507 e. The van der Waals surface area contributed by atoms with Crippen molar-refractivity contribution < 1.29 is 19.4 Å². The molecule has 4 nitrogen and oxygen atoms in total. The van der Waals surface area contributed by atoms with Gasteiger partial charge >= 0.3 is 5.97 Å². The quantitative estimate of drug-likeness (QED) is 0.0330. The van der Waals surface area contributed by atoms with Crippen LogP contribution in [0.25, 0.3) is 0 Å². The highest BCUT2D eigenvalue weighted by Crippen LogP contribution is 2.34. The summed E-state index contributed by atoms with van der Waals surface area (Å²) >= 11 is 0. The van der Waals surface area contributed by atoms with E-state index < -0.39 is 5.97 Å². The molecule has 1 N–H and O–H groups in total. The summed E-state index contributed by atoms with van der Waals surface area (Å²) in [5.74, 6) is -0.0799. The number of carbonyl (C=O) groups excluding carboxylic acids is 2. The number of ketones is 1. The number of rotatable bonds is 33. The average molecular weight is 917 g/mol. The molecule has 0 aromatic heterocycles. The van der Waals surface area contributed by atoms with Gasteiger partial charge in [-0.15, -0.1) is 0 Å². The Labute approximate surface area is 412 Å². The Morgan fingerprint density at radius 3 is 1.01 bits per heavy atom. The third kappa shape index (κ3) is 30.5. The molecule has 0 saturated carbocycles. The van der Waals surface area contributed by atoms with E-state index in [-0.39, 0.29) is 18.0 Å². The number of allylic oxidation sites excluding steroid dienone is 20. The van der Waals surface area contributed by atoms with Crippen molar-refractivity contribution in [2.24, 2.45) is 0 Å². The van der Waals surface area contributed by atoms with E-state index in [1.165, 1.54) is 68.6 Å². The molecule has 0 bridgehead atoms. The summed E-state index contributed by atoms with van der Waals surface area (Å²) in [6.07, 6.45) is 44.6. The lowest BCUT2D eigenvalue weighted by atomic mass is 9.99. The Bertz CT molecular complexity index is 2010. The Morgan fingerprint density at radius 1 is 0.448 bits per heavy atom. The van der Waals surface area contributed by atoms with Gasteiger partial charge in [0.2, 0.25) is 0 Å². The van der Waals surface area contributed by atoms with Gasteiger partial charge in [-0.3, -0.25) is 9.59 Å². The summed E-state index contributed by atoms with van der Waals surface area (Å²) in [5.41, 5.74) is 16.7. The fraction of sp³-hybridized carbons (Fsp3) is 0.556. The van der Waals surface area contributed by atoms with Gasteiger partial charge in [0.1, 0.15) is 23.7 Å². The van der Waals surface area contributed by atoms with Gasteiger partial charge in [-0.1, -0.05) is 123 Å². The van der Waals surface area contributed by atoms with Gasteiger partial charge in [0, 0.05) is 12.0 Å². The number of aromatic hydroxyl groups is 1. The molecule has 0 aliphatic carbocycles. The van der Waals surface area contributed by atoms with Gasteiger partial charge in [0.15, 0.2) is 0 Å². The standard InChI is InChI=1S/C63H96O4/c1-15-60(64)46-62(65)67-61-45-59(63(66)58(14)57(61)13)44-43-56(12)42-24-41-55(11)40-23-39-54(10)38-22-37-53(9)36-21-35-52(8)34-20-33-51(7)32-19-31-50(6)30-18-29-49(5)28-17-27-48(4)26-16-25-47(2)3/h25,27,29,31,33,35,37,39,41,43,45,66H,15-24,26,28,30,32,34,36,38,40,42,44,46H2,1-14H3/b48-27+,49-29+,50-31+,51-33+,52-35+,53-37+,54-39+,55-41+,56-43+. The highest BCUT2D eigenvalue weighted by molar-refractivity contribution is 5.96. The maximum Gasteiger partial charge on any atom is 0.318 e. The number of hydrogen-bond donors (Lipinski definition) is 1. The summed E-state index contributed by atoms with van der Waals surface area (Å²) in [4.78, 5) is 24.0. The van der Waals surface area contributed by atoms with Crippen LogP contribution in [0.5, 0.6) is 11.5 Å². The SMILES string of the molecule is CCC(=O)CC(=O)Oc1cc(C/C=C(\C)CC/C=C(\C)CC/C=C(\C)CC/C=C(\C)CC/C=C(\C)CC/C=C(\C)CC/C=C(\C)CC/C=C(\C)CC/C=C(\C)CCC=C(C)C)c(O)c(C)c1C. The van der Waals surface area contributed by atoms with Gasteiger partial charge in [-0.05, 0) is 229 Å². The molecular weight excluding hydrogens is 821 g/mol. The van der Waals surface area contributed by atoms with Gasteiger partial charge in [-0.25, -0.2) is 0 Å². The molecule has 0 radical (unpaired) electrons. The first-order valence-corrected chi connectivity index (χ1v) is 25.9. The van der Waals surface area contributed by atoms with Crippen LogP contribution in [-0.2, 0) is 16.0 Å². The molecule has 0 unspecified atom stereocenters. The van der Waals surface area contributed by atoms with Gasteiger partial charge in [-0.2, -0.15) is 0 Å². The highest BCUT2D eigenvalue weighted by Gasteiger charge is 2.17. The van der Waals surface area contributed by atoms with Crippen molar-refractivity contribution in [1.29, 1.82) is 0 Å². The van der Waals surface area contributed by atoms with Gasteiger partial charge in [0.05, 0.1) is 0 Å². The van der Waals surface area contributed by atoms with Crippen LogP contribution in [0.1, 0.15) is 228 Å². The first-order valence-electron chi connectivity index (χ1n) is 25.9. The van der Waals surface area contributed by atoms with Crippen LogP contribution in [0.3, 0.4) is 0 Å². The first kappa shape index (κ1) is 60.6. The lowest BCUT2D eigenvalue weighted by molar-refractivity contribution is -0.138. The third-order valence-electron chi connectivity index (χ3n) is 12.9. The Balaban J connectivity index is 2.35. The monoisotopic (exact) mass is 917 g/mol. The molecule has 0 saturated heterocycles. The van der Waals surface area contributed by atoms with E-state index in [4.69, 9.17) is 4.74 Å². The zero-order valence-corrected chi connectivity index (χ0v) is 45.4. The van der Waals surface area contributed by atoms with E-state index in [9.17, 15) is 14.7 Å².